The predicted molar refractivity (Wildman–Crippen MR) is 73.5 cm³/mol. The van der Waals surface area contributed by atoms with Crippen LogP contribution in [0.15, 0.2) is 6.07 Å². The van der Waals surface area contributed by atoms with E-state index in [1.54, 1.807) is 0 Å². The van der Waals surface area contributed by atoms with Gasteiger partial charge < -0.3 is 5.32 Å². The molecule has 0 spiro atoms. The molecule has 96 valence electrons. The van der Waals surface area contributed by atoms with Crippen LogP contribution >= 0.6 is 0 Å². The van der Waals surface area contributed by atoms with Crippen LogP contribution in [0, 0.1) is 0 Å². The van der Waals surface area contributed by atoms with Gasteiger partial charge >= 0.3 is 0 Å². The highest BCUT2D eigenvalue weighted by molar-refractivity contribution is 5.36. The van der Waals surface area contributed by atoms with Gasteiger partial charge in [-0.05, 0) is 26.2 Å². The van der Waals surface area contributed by atoms with Gasteiger partial charge in [-0.2, -0.15) is 0 Å². The molecule has 3 heteroatoms. The van der Waals surface area contributed by atoms with Gasteiger partial charge in [-0.1, -0.05) is 27.2 Å². The molecule has 0 saturated heterocycles. The van der Waals surface area contributed by atoms with Gasteiger partial charge in [0, 0.05) is 24.2 Å². The van der Waals surface area contributed by atoms with E-state index in [9.17, 15) is 0 Å². The Morgan fingerprint density at radius 2 is 1.82 bits per heavy atom. The van der Waals surface area contributed by atoms with E-state index in [1.807, 2.05) is 0 Å². The van der Waals surface area contributed by atoms with Crippen molar-refractivity contribution in [2.24, 2.45) is 0 Å². The lowest BCUT2D eigenvalue weighted by Gasteiger charge is -2.14. The summed E-state index contributed by atoms with van der Waals surface area (Å²) in [4.78, 5) is 9.32. The molecule has 17 heavy (non-hydrogen) atoms. The quantitative estimate of drug-likeness (QED) is 0.782. The summed E-state index contributed by atoms with van der Waals surface area (Å²) < 4.78 is 0. The number of rotatable bonds is 7. The molecule has 0 radical (unpaired) electrons. The van der Waals surface area contributed by atoms with Gasteiger partial charge in [0.25, 0.3) is 0 Å². The molecular weight excluding hydrogens is 210 g/mol. The fourth-order valence-electron chi connectivity index (χ4n) is 2.01. The summed E-state index contributed by atoms with van der Waals surface area (Å²) in [6, 6.07) is 2.08. The minimum absolute atomic E-state index is 0.490. The Kier molecular flexibility index (Phi) is 5.95. The summed E-state index contributed by atoms with van der Waals surface area (Å²) in [7, 11) is 0. The predicted octanol–water partition coefficient (Wildman–Crippen LogP) is 3.76. The molecule has 0 atom stereocenters. The first-order chi connectivity index (χ1) is 8.24. The summed E-state index contributed by atoms with van der Waals surface area (Å²) >= 11 is 0. The molecule has 3 nitrogen and oxygen atoms in total. The van der Waals surface area contributed by atoms with Crippen molar-refractivity contribution < 1.29 is 0 Å². The number of aryl methyl sites for hydroxylation is 1. The summed E-state index contributed by atoms with van der Waals surface area (Å²) in [6.07, 6.45) is 4.38. The van der Waals surface area contributed by atoms with Crippen molar-refractivity contribution in [2.45, 2.75) is 59.3 Å². The number of hydrogen-bond acceptors (Lipinski definition) is 3. The molecular formula is C14H25N3. The smallest absolute Gasteiger partial charge is 0.134 e. The Bertz CT molecular complexity index is 308. The zero-order valence-corrected chi connectivity index (χ0v) is 11.6. The first-order valence-corrected chi connectivity index (χ1v) is 6.86. The van der Waals surface area contributed by atoms with Crippen molar-refractivity contribution in [3.05, 3.63) is 17.6 Å². The van der Waals surface area contributed by atoms with Crippen molar-refractivity contribution in [1.29, 1.82) is 0 Å². The van der Waals surface area contributed by atoms with Gasteiger partial charge in [-0.25, -0.2) is 9.97 Å². The van der Waals surface area contributed by atoms with Crippen molar-refractivity contribution in [2.75, 3.05) is 11.9 Å². The monoisotopic (exact) mass is 235 g/mol. The van der Waals surface area contributed by atoms with E-state index in [0.717, 1.165) is 43.9 Å². The fourth-order valence-corrected chi connectivity index (χ4v) is 2.01. The molecule has 0 amide bonds. The average molecular weight is 235 g/mol. The van der Waals surface area contributed by atoms with E-state index >= 15 is 0 Å². The lowest BCUT2D eigenvalue weighted by atomic mass is 10.0. The molecule has 0 saturated carbocycles. The summed E-state index contributed by atoms with van der Waals surface area (Å²) in [5.41, 5.74) is 1.17. The molecule has 1 N–H and O–H groups in total. The highest BCUT2D eigenvalue weighted by Crippen LogP contribution is 2.21. The van der Waals surface area contributed by atoms with Gasteiger partial charge in [0.15, 0.2) is 0 Å². The summed E-state index contributed by atoms with van der Waals surface area (Å²) in [5, 5.41) is 3.30. The van der Waals surface area contributed by atoms with Gasteiger partial charge in [-0.3, -0.25) is 0 Å². The largest absolute Gasteiger partial charge is 0.370 e. The van der Waals surface area contributed by atoms with Crippen LogP contribution in [0.25, 0.3) is 0 Å². The standard InChI is InChI=1S/C14H25N3/c1-5-9-12-10-13(15-8-4)17-14(16-12)11(6-2)7-3/h10-11H,5-9H2,1-4H3,(H,15,16,17). The number of nitrogens with zero attached hydrogens (tertiary/aromatic N) is 2. The second-order valence-corrected chi connectivity index (χ2v) is 4.40. The first-order valence-electron chi connectivity index (χ1n) is 6.86. The van der Waals surface area contributed by atoms with Crippen LogP contribution in [0.4, 0.5) is 5.82 Å². The highest BCUT2D eigenvalue weighted by atomic mass is 15.0. The third-order valence-corrected chi connectivity index (χ3v) is 3.01. The minimum Gasteiger partial charge on any atom is -0.370 e. The molecule has 0 aliphatic heterocycles. The summed E-state index contributed by atoms with van der Waals surface area (Å²) in [5.74, 6) is 2.48. The normalized spacial score (nSPS) is 10.9. The molecule has 0 aliphatic carbocycles. The molecule has 0 aromatic carbocycles. The molecule has 1 rings (SSSR count). The number of aromatic nitrogens is 2. The van der Waals surface area contributed by atoms with Crippen molar-refractivity contribution in [3.63, 3.8) is 0 Å². The summed E-state index contributed by atoms with van der Waals surface area (Å²) in [6.45, 7) is 9.60. The molecule has 0 aliphatic rings. The third-order valence-electron chi connectivity index (χ3n) is 3.01. The van der Waals surface area contributed by atoms with Crippen LogP contribution in [0.5, 0.6) is 0 Å². The van der Waals surface area contributed by atoms with Crippen molar-refractivity contribution >= 4 is 5.82 Å². The Morgan fingerprint density at radius 1 is 1.12 bits per heavy atom. The first kappa shape index (κ1) is 13.9. The molecule has 0 fully saturated rings. The lowest BCUT2D eigenvalue weighted by molar-refractivity contribution is 0.597. The number of nitrogens with one attached hydrogen (secondary N) is 1. The van der Waals surface area contributed by atoms with Gasteiger partial charge in [0.2, 0.25) is 0 Å². The van der Waals surface area contributed by atoms with E-state index in [1.165, 1.54) is 5.69 Å². The van der Waals surface area contributed by atoms with E-state index in [2.05, 4.69) is 44.1 Å². The minimum atomic E-state index is 0.490. The zero-order valence-electron chi connectivity index (χ0n) is 11.6. The Hall–Kier alpha value is -1.12. The zero-order chi connectivity index (χ0) is 12.7. The molecule has 0 unspecified atom stereocenters. The van der Waals surface area contributed by atoms with Crippen molar-refractivity contribution in [3.8, 4) is 0 Å². The van der Waals surface area contributed by atoms with Crippen molar-refractivity contribution in [1.82, 2.24) is 9.97 Å². The second-order valence-electron chi connectivity index (χ2n) is 4.40. The number of hydrogen-bond donors (Lipinski definition) is 1. The lowest BCUT2D eigenvalue weighted by Crippen LogP contribution is -2.09. The molecule has 1 aromatic rings. The Balaban J connectivity index is 3.01. The third kappa shape index (κ3) is 3.99. The second kappa shape index (κ2) is 7.25. The van der Waals surface area contributed by atoms with Crippen LogP contribution in [0.2, 0.25) is 0 Å². The van der Waals surface area contributed by atoms with Crippen LogP contribution in [0.3, 0.4) is 0 Å². The van der Waals surface area contributed by atoms with E-state index in [-0.39, 0.29) is 0 Å². The highest BCUT2D eigenvalue weighted by Gasteiger charge is 2.12. The molecule has 1 heterocycles. The Morgan fingerprint density at radius 3 is 2.35 bits per heavy atom. The van der Waals surface area contributed by atoms with E-state index < -0.39 is 0 Å². The van der Waals surface area contributed by atoms with Gasteiger partial charge in [0.1, 0.15) is 11.6 Å². The molecule has 0 bridgehead atoms. The van der Waals surface area contributed by atoms with Crippen LogP contribution in [0.1, 0.15) is 64.4 Å². The van der Waals surface area contributed by atoms with E-state index in [4.69, 9.17) is 4.98 Å². The van der Waals surface area contributed by atoms with Gasteiger partial charge in [0.05, 0.1) is 0 Å². The van der Waals surface area contributed by atoms with Gasteiger partial charge in [-0.15, -0.1) is 0 Å². The van der Waals surface area contributed by atoms with Crippen LogP contribution < -0.4 is 5.32 Å². The molecule has 1 aromatic heterocycles. The maximum absolute atomic E-state index is 4.70. The number of anilines is 1. The maximum Gasteiger partial charge on any atom is 0.134 e. The average Bonchev–Trinajstić information content (AvgIpc) is 2.31. The SMILES string of the molecule is CCCc1cc(NCC)nc(C(CC)CC)n1. The van der Waals surface area contributed by atoms with Crippen LogP contribution in [-0.4, -0.2) is 16.5 Å². The Labute approximate surface area is 105 Å². The maximum atomic E-state index is 4.70. The fraction of sp³-hybridized carbons (Fsp3) is 0.714. The van der Waals surface area contributed by atoms with Crippen LogP contribution in [-0.2, 0) is 6.42 Å². The van der Waals surface area contributed by atoms with E-state index in [0.29, 0.717) is 5.92 Å². The topological polar surface area (TPSA) is 37.8 Å².